The van der Waals surface area contributed by atoms with Gasteiger partial charge in [0.25, 0.3) is 0 Å². The summed E-state index contributed by atoms with van der Waals surface area (Å²) >= 11 is 0. The molecule has 1 heterocycles. The van der Waals surface area contributed by atoms with Crippen LogP contribution in [0, 0.1) is 0 Å². The Labute approximate surface area is 124 Å². The summed E-state index contributed by atoms with van der Waals surface area (Å²) in [6.45, 7) is 12.6. The standard InChI is InChI=1S/C15H15N.2C2H6/c1-10-11(2)13-7-8-16-9-15(13)14-6-4-3-5-12(10)14;2*1-2/h3-11H,1-2H3;2*1-2H3/p+1. The fraction of sp³-hybridized carbons (Fsp3) is 0.421. The number of rotatable bonds is 0. The summed E-state index contributed by atoms with van der Waals surface area (Å²) < 4.78 is 0. The third-order valence-corrected chi connectivity index (χ3v) is 3.88. The van der Waals surface area contributed by atoms with Crippen LogP contribution in [0.15, 0.2) is 42.7 Å². The maximum absolute atomic E-state index is 3.20. The van der Waals surface area contributed by atoms with Gasteiger partial charge in [0.1, 0.15) is 0 Å². The van der Waals surface area contributed by atoms with Crippen LogP contribution in [-0.4, -0.2) is 0 Å². The van der Waals surface area contributed by atoms with E-state index in [9.17, 15) is 0 Å². The molecular formula is C19H28N+. The highest BCUT2D eigenvalue weighted by Gasteiger charge is 2.28. The molecule has 108 valence electrons. The number of aromatic nitrogens is 1. The minimum atomic E-state index is 0.597. The molecule has 2 aromatic rings. The third-order valence-electron chi connectivity index (χ3n) is 3.88. The molecule has 2 atom stereocenters. The lowest BCUT2D eigenvalue weighted by Crippen LogP contribution is -2.15. The molecule has 1 aliphatic carbocycles. The molecule has 3 rings (SSSR count). The summed E-state index contributed by atoms with van der Waals surface area (Å²) in [6, 6.07) is 11.0. The highest BCUT2D eigenvalue weighted by Crippen LogP contribution is 2.45. The second-order valence-corrected chi connectivity index (χ2v) is 4.68. The van der Waals surface area contributed by atoms with Gasteiger partial charge in [-0.2, -0.15) is 0 Å². The Hall–Kier alpha value is -1.63. The van der Waals surface area contributed by atoms with E-state index in [1.807, 2.05) is 33.9 Å². The van der Waals surface area contributed by atoms with Gasteiger partial charge in [0.2, 0.25) is 0 Å². The van der Waals surface area contributed by atoms with Crippen LogP contribution >= 0.6 is 0 Å². The fourth-order valence-corrected chi connectivity index (χ4v) is 2.75. The number of nitrogens with one attached hydrogen (secondary N) is 1. The van der Waals surface area contributed by atoms with Crippen LogP contribution in [0.5, 0.6) is 0 Å². The van der Waals surface area contributed by atoms with E-state index in [0.29, 0.717) is 11.8 Å². The normalized spacial score (nSPS) is 18.5. The van der Waals surface area contributed by atoms with Crippen molar-refractivity contribution in [1.82, 2.24) is 0 Å². The van der Waals surface area contributed by atoms with E-state index in [4.69, 9.17) is 0 Å². The molecule has 0 saturated carbocycles. The van der Waals surface area contributed by atoms with Crippen LogP contribution in [0.4, 0.5) is 0 Å². The second kappa shape index (κ2) is 7.84. The van der Waals surface area contributed by atoms with Gasteiger partial charge in [-0.05, 0) is 28.5 Å². The van der Waals surface area contributed by atoms with Gasteiger partial charge < -0.3 is 0 Å². The first-order chi connectivity index (χ1) is 9.79. The van der Waals surface area contributed by atoms with Crippen LogP contribution in [0.25, 0.3) is 11.1 Å². The Morgan fingerprint density at radius 2 is 1.30 bits per heavy atom. The maximum Gasteiger partial charge on any atom is 0.175 e. The zero-order valence-corrected chi connectivity index (χ0v) is 13.7. The molecule has 0 fully saturated rings. The molecule has 0 aliphatic heterocycles. The van der Waals surface area contributed by atoms with Crippen LogP contribution in [0.1, 0.15) is 64.5 Å². The van der Waals surface area contributed by atoms with Crippen LogP contribution in [0.3, 0.4) is 0 Å². The van der Waals surface area contributed by atoms with Gasteiger partial charge in [0.05, 0.1) is 0 Å². The number of hydrogen-bond acceptors (Lipinski definition) is 0. The van der Waals surface area contributed by atoms with Crippen molar-refractivity contribution >= 4 is 0 Å². The third kappa shape index (κ3) is 2.92. The maximum atomic E-state index is 3.20. The summed E-state index contributed by atoms with van der Waals surface area (Å²) in [7, 11) is 0. The van der Waals surface area contributed by atoms with Gasteiger partial charge in [-0.1, -0.05) is 65.8 Å². The average Bonchev–Trinajstić information content (AvgIpc) is 2.56. The van der Waals surface area contributed by atoms with Crippen molar-refractivity contribution in [3.63, 3.8) is 0 Å². The summed E-state index contributed by atoms with van der Waals surface area (Å²) in [5, 5.41) is 0. The smallest absolute Gasteiger partial charge is 0.175 e. The fourth-order valence-electron chi connectivity index (χ4n) is 2.75. The van der Waals surface area contributed by atoms with Gasteiger partial charge in [0.15, 0.2) is 12.4 Å². The Kier molecular flexibility index (Phi) is 6.44. The van der Waals surface area contributed by atoms with E-state index >= 15 is 0 Å². The van der Waals surface area contributed by atoms with Gasteiger partial charge in [0, 0.05) is 11.6 Å². The predicted octanol–water partition coefficient (Wildman–Crippen LogP) is 5.44. The number of H-pyrrole nitrogens is 1. The van der Waals surface area contributed by atoms with E-state index in [1.165, 1.54) is 22.3 Å². The summed E-state index contributed by atoms with van der Waals surface area (Å²) in [5.74, 6) is 1.20. The van der Waals surface area contributed by atoms with Crippen molar-refractivity contribution in [3.05, 3.63) is 53.9 Å². The number of hydrogen-bond donors (Lipinski definition) is 0. The molecule has 20 heavy (non-hydrogen) atoms. The zero-order chi connectivity index (χ0) is 15.1. The van der Waals surface area contributed by atoms with E-state index in [0.717, 1.165) is 0 Å². The summed E-state index contributed by atoms with van der Waals surface area (Å²) in [5.41, 5.74) is 5.69. The van der Waals surface area contributed by atoms with E-state index in [1.54, 1.807) is 0 Å². The molecule has 1 aromatic heterocycles. The lowest BCUT2D eigenvalue weighted by atomic mass is 9.74. The Morgan fingerprint density at radius 3 is 1.95 bits per heavy atom. The van der Waals surface area contributed by atoms with Crippen LogP contribution in [0.2, 0.25) is 0 Å². The van der Waals surface area contributed by atoms with Crippen LogP contribution < -0.4 is 4.98 Å². The monoisotopic (exact) mass is 270 g/mol. The largest absolute Gasteiger partial charge is 0.217 e. The molecule has 1 nitrogen and oxygen atoms in total. The number of benzene rings is 1. The van der Waals surface area contributed by atoms with Crippen molar-refractivity contribution in [2.75, 3.05) is 0 Å². The first-order valence-corrected chi connectivity index (χ1v) is 7.88. The van der Waals surface area contributed by atoms with Crippen molar-refractivity contribution in [3.8, 4) is 11.1 Å². The van der Waals surface area contributed by atoms with Crippen molar-refractivity contribution in [1.29, 1.82) is 0 Å². The van der Waals surface area contributed by atoms with Crippen LogP contribution in [-0.2, 0) is 0 Å². The summed E-state index contributed by atoms with van der Waals surface area (Å²) in [6.07, 6.45) is 4.15. The quantitative estimate of drug-likeness (QED) is 0.605. The molecule has 1 aliphatic rings. The lowest BCUT2D eigenvalue weighted by Gasteiger charge is -2.29. The molecule has 0 spiro atoms. The Bertz CT molecular complexity index is 481. The minimum Gasteiger partial charge on any atom is -0.217 e. The van der Waals surface area contributed by atoms with Crippen molar-refractivity contribution < 1.29 is 4.98 Å². The van der Waals surface area contributed by atoms with Gasteiger partial charge in [-0.15, -0.1) is 0 Å². The Balaban J connectivity index is 0.000000461. The average molecular weight is 270 g/mol. The first kappa shape index (κ1) is 16.4. The van der Waals surface area contributed by atoms with Crippen molar-refractivity contribution in [2.45, 2.75) is 53.4 Å². The number of aromatic amines is 1. The zero-order valence-electron chi connectivity index (χ0n) is 13.7. The molecule has 1 N–H and O–H groups in total. The lowest BCUT2D eigenvalue weighted by molar-refractivity contribution is -0.377. The van der Waals surface area contributed by atoms with Gasteiger partial charge >= 0.3 is 0 Å². The highest BCUT2D eigenvalue weighted by atomic mass is 14.6. The molecule has 1 heteroatoms. The SMILES string of the molecule is CC.CC.CC1c2ccccc2-c2c[nH+]ccc2C1C. The highest BCUT2D eigenvalue weighted by molar-refractivity contribution is 5.73. The number of pyridine rings is 1. The Morgan fingerprint density at radius 1 is 0.750 bits per heavy atom. The predicted molar refractivity (Wildman–Crippen MR) is 88.0 cm³/mol. The van der Waals surface area contributed by atoms with E-state index < -0.39 is 0 Å². The minimum absolute atomic E-state index is 0.597. The molecule has 2 unspecified atom stereocenters. The molecule has 0 amide bonds. The van der Waals surface area contributed by atoms with Crippen molar-refractivity contribution in [2.24, 2.45) is 0 Å². The number of fused-ring (bicyclic) bond motifs is 3. The van der Waals surface area contributed by atoms with E-state index in [-0.39, 0.29) is 0 Å². The van der Waals surface area contributed by atoms with Gasteiger partial charge in [-0.3, -0.25) is 0 Å². The summed E-state index contributed by atoms with van der Waals surface area (Å²) in [4.78, 5) is 3.20. The molecule has 0 bridgehead atoms. The van der Waals surface area contributed by atoms with Gasteiger partial charge in [-0.25, -0.2) is 4.98 Å². The molecular weight excluding hydrogens is 242 g/mol. The topological polar surface area (TPSA) is 14.1 Å². The molecule has 0 radical (unpaired) electrons. The first-order valence-electron chi connectivity index (χ1n) is 7.88. The molecule has 1 aromatic carbocycles. The second-order valence-electron chi connectivity index (χ2n) is 4.68. The van der Waals surface area contributed by atoms with E-state index in [2.05, 4.69) is 55.4 Å². The molecule has 0 saturated heterocycles.